The highest BCUT2D eigenvalue weighted by atomic mass is 35.5. The molecule has 3 aromatic rings. The molecular weight excluding hydrogens is 443 g/mol. The van der Waals surface area contributed by atoms with Gasteiger partial charge in [0.1, 0.15) is 6.10 Å². The van der Waals surface area contributed by atoms with Gasteiger partial charge in [-0.1, -0.05) is 83.9 Å². The van der Waals surface area contributed by atoms with Crippen LogP contribution in [0.2, 0.25) is 10.0 Å². The molecule has 6 heteroatoms. The van der Waals surface area contributed by atoms with Crippen molar-refractivity contribution in [3.05, 3.63) is 106 Å². The molecule has 1 fully saturated rings. The third kappa shape index (κ3) is 5.90. The summed E-state index contributed by atoms with van der Waals surface area (Å²) in [5, 5.41) is 0.950. The van der Waals surface area contributed by atoms with Gasteiger partial charge in [0.05, 0.1) is 6.61 Å². The lowest BCUT2D eigenvalue weighted by Gasteiger charge is -2.35. The molecule has 0 unspecified atom stereocenters. The zero-order valence-electron chi connectivity index (χ0n) is 17.8. The molecule has 0 saturated carbocycles. The maximum Gasteiger partial charge on any atom is 0.254 e. The zero-order chi connectivity index (χ0) is 22.3. The SMILES string of the molecule is O=C(c1cc(Cl)cc(Cl)c1)N1CCN(CCOC(c2ccccc2)c2ccccc2)CC1. The van der Waals surface area contributed by atoms with Crippen LogP contribution in [0.3, 0.4) is 0 Å². The van der Waals surface area contributed by atoms with Crippen LogP contribution in [0, 0.1) is 0 Å². The van der Waals surface area contributed by atoms with Crippen LogP contribution >= 0.6 is 23.2 Å². The summed E-state index contributed by atoms with van der Waals surface area (Å²) in [6, 6.07) is 25.6. The summed E-state index contributed by atoms with van der Waals surface area (Å²) in [4.78, 5) is 17.0. The number of nitrogens with zero attached hydrogens (tertiary/aromatic N) is 2. The molecule has 166 valence electrons. The summed E-state index contributed by atoms with van der Waals surface area (Å²) in [5.74, 6) is -0.0291. The first kappa shape index (κ1) is 22.8. The van der Waals surface area contributed by atoms with E-state index in [0.29, 0.717) is 35.3 Å². The van der Waals surface area contributed by atoms with E-state index in [1.807, 2.05) is 41.3 Å². The lowest BCUT2D eigenvalue weighted by molar-refractivity contribution is 0.0409. The van der Waals surface area contributed by atoms with Crippen LogP contribution in [0.1, 0.15) is 27.6 Å². The average molecular weight is 469 g/mol. The quantitative estimate of drug-likeness (QED) is 0.455. The van der Waals surface area contributed by atoms with Crippen LogP contribution in [-0.2, 0) is 4.74 Å². The number of benzene rings is 3. The fourth-order valence-corrected chi connectivity index (χ4v) is 4.50. The molecule has 1 aliphatic heterocycles. The van der Waals surface area contributed by atoms with Crippen LogP contribution in [0.4, 0.5) is 0 Å². The summed E-state index contributed by atoms with van der Waals surface area (Å²) in [6.07, 6.45) is -0.0900. The Labute approximate surface area is 199 Å². The van der Waals surface area contributed by atoms with E-state index >= 15 is 0 Å². The van der Waals surface area contributed by atoms with Gasteiger partial charge in [0, 0.05) is 48.3 Å². The largest absolute Gasteiger partial charge is 0.367 e. The normalized spacial score (nSPS) is 14.7. The molecule has 1 saturated heterocycles. The summed E-state index contributed by atoms with van der Waals surface area (Å²) >= 11 is 12.1. The number of halogens is 2. The van der Waals surface area contributed by atoms with Crippen molar-refractivity contribution in [2.24, 2.45) is 0 Å². The molecule has 1 amide bonds. The van der Waals surface area contributed by atoms with Gasteiger partial charge in [-0.2, -0.15) is 0 Å². The molecule has 4 rings (SSSR count). The lowest BCUT2D eigenvalue weighted by atomic mass is 10.0. The zero-order valence-corrected chi connectivity index (χ0v) is 19.3. The molecule has 0 N–H and O–H groups in total. The van der Waals surface area contributed by atoms with Crippen molar-refractivity contribution in [2.75, 3.05) is 39.3 Å². The van der Waals surface area contributed by atoms with Gasteiger partial charge in [-0.25, -0.2) is 0 Å². The van der Waals surface area contributed by atoms with Gasteiger partial charge >= 0.3 is 0 Å². The Morgan fingerprint density at radius 3 is 1.88 bits per heavy atom. The van der Waals surface area contributed by atoms with Gasteiger partial charge < -0.3 is 9.64 Å². The summed E-state index contributed by atoms with van der Waals surface area (Å²) in [6.45, 7) is 4.40. The Morgan fingerprint density at radius 1 is 0.812 bits per heavy atom. The van der Waals surface area contributed by atoms with Gasteiger partial charge in [-0.15, -0.1) is 0 Å². The Bertz CT molecular complexity index is 963. The number of piperazine rings is 1. The number of hydrogen-bond acceptors (Lipinski definition) is 3. The van der Waals surface area contributed by atoms with Crippen molar-refractivity contribution in [3.8, 4) is 0 Å². The molecular formula is C26H26Cl2N2O2. The molecule has 1 heterocycles. The molecule has 32 heavy (non-hydrogen) atoms. The van der Waals surface area contributed by atoms with Gasteiger partial charge in [-0.05, 0) is 29.3 Å². The van der Waals surface area contributed by atoms with Gasteiger partial charge in [-0.3, -0.25) is 9.69 Å². The number of amides is 1. The molecule has 0 aromatic heterocycles. The predicted octanol–water partition coefficient (Wildman–Crippen LogP) is 5.56. The van der Waals surface area contributed by atoms with Crippen LogP contribution in [-0.4, -0.2) is 55.0 Å². The minimum atomic E-state index is -0.0900. The fourth-order valence-electron chi connectivity index (χ4n) is 3.97. The molecule has 4 nitrogen and oxygen atoms in total. The van der Waals surface area contributed by atoms with E-state index in [1.54, 1.807) is 18.2 Å². The van der Waals surface area contributed by atoms with E-state index < -0.39 is 0 Å². The van der Waals surface area contributed by atoms with Gasteiger partial charge in [0.25, 0.3) is 5.91 Å². The highest BCUT2D eigenvalue weighted by molar-refractivity contribution is 6.35. The van der Waals surface area contributed by atoms with Crippen molar-refractivity contribution < 1.29 is 9.53 Å². The monoisotopic (exact) mass is 468 g/mol. The van der Waals surface area contributed by atoms with Crippen molar-refractivity contribution in [1.82, 2.24) is 9.80 Å². The molecule has 0 radical (unpaired) electrons. The second kappa shape index (κ2) is 11.0. The minimum Gasteiger partial charge on any atom is -0.367 e. The molecule has 0 atom stereocenters. The highest BCUT2D eigenvalue weighted by Gasteiger charge is 2.23. The average Bonchev–Trinajstić information content (AvgIpc) is 2.82. The topological polar surface area (TPSA) is 32.8 Å². The first-order valence-corrected chi connectivity index (χ1v) is 11.5. The fraction of sp³-hybridized carbons (Fsp3) is 0.269. The molecule has 0 aliphatic carbocycles. The molecule has 0 spiro atoms. The van der Waals surface area contributed by atoms with Crippen molar-refractivity contribution in [2.45, 2.75) is 6.10 Å². The van der Waals surface area contributed by atoms with E-state index in [2.05, 4.69) is 29.2 Å². The standard InChI is InChI=1S/C26H26Cl2N2O2/c27-23-17-22(18-24(28)19-23)26(31)30-13-11-29(12-14-30)15-16-32-25(20-7-3-1-4-8-20)21-9-5-2-6-10-21/h1-10,17-19,25H,11-16H2. The highest BCUT2D eigenvalue weighted by Crippen LogP contribution is 2.26. The number of rotatable bonds is 7. The second-order valence-corrected chi connectivity index (χ2v) is 8.74. The summed E-state index contributed by atoms with van der Waals surface area (Å²) in [5.41, 5.74) is 2.83. The molecule has 0 bridgehead atoms. The Kier molecular flexibility index (Phi) is 7.82. The first-order chi connectivity index (χ1) is 15.6. The number of carbonyl (C=O) groups is 1. The van der Waals surface area contributed by atoms with Crippen LogP contribution in [0.25, 0.3) is 0 Å². The smallest absolute Gasteiger partial charge is 0.254 e. The predicted molar refractivity (Wildman–Crippen MR) is 129 cm³/mol. The Hall–Kier alpha value is -2.37. The van der Waals surface area contributed by atoms with E-state index in [1.165, 1.54) is 0 Å². The molecule has 3 aromatic carbocycles. The Balaban J connectivity index is 1.30. The minimum absolute atomic E-state index is 0.0291. The van der Waals surface area contributed by atoms with Crippen LogP contribution < -0.4 is 0 Å². The van der Waals surface area contributed by atoms with E-state index in [-0.39, 0.29) is 12.0 Å². The van der Waals surface area contributed by atoms with Gasteiger partial charge in [0.2, 0.25) is 0 Å². The van der Waals surface area contributed by atoms with Crippen molar-refractivity contribution in [1.29, 1.82) is 0 Å². The van der Waals surface area contributed by atoms with Crippen molar-refractivity contribution in [3.63, 3.8) is 0 Å². The van der Waals surface area contributed by atoms with Crippen LogP contribution in [0.5, 0.6) is 0 Å². The first-order valence-electron chi connectivity index (χ1n) is 10.8. The van der Waals surface area contributed by atoms with E-state index in [9.17, 15) is 4.79 Å². The number of carbonyl (C=O) groups excluding carboxylic acids is 1. The third-order valence-electron chi connectivity index (χ3n) is 5.67. The van der Waals surface area contributed by atoms with E-state index in [4.69, 9.17) is 27.9 Å². The van der Waals surface area contributed by atoms with Gasteiger partial charge in [0.15, 0.2) is 0 Å². The second-order valence-electron chi connectivity index (χ2n) is 7.86. The molecule has 1 aliphatic rings. The number of ether oxygens (including phenoxy) is 1. The summed E-state index contributed by atoms with van der Waals surface area (Å²) < 4.78 is 6.34. The maximum absolute atomic E-state index is 12.8. The Morgan fingerprint density at radius 2 is 1.34 bits per heavy atom. The van der Waals surface area contributed by atoms with Crippen molar-refractivity contribution >= 4 is 29.1 Å². The maximum atomic E-state index is 12.8. The third-order valence-corrected chi connectivity index (χ3v) is 6.10. The van der Waals surface area contributed by atoms with E-state index in [0.717, 1.165) is 30.8 Å². The summed E-state index contributed by atoms with van der Waals surface area (Å²) in [7, 11) is 0. The van der Waals surface area contributed by atoms with Crippen LogP contribution in [0.15, 0.2) is 78.9 Å². The number of hydrogen-bond donors (Lipinski definition) is 0. The lowest BCUT2D eigenvalue weighted by Crippen LogP contribution is -2.49.